The van der Waals surface area contributed by atoms with Crippen molar-refractivity contribution in [2.45, 2.75) is 37.8 Å². The molecule has 108 valence electrons. The number of rotatable bonds is 3. The molecule has 1 N–H and O–H groups in total. The first kappa shape index (κ1) is 13.6. The topological polar surface area (TPSA) is 49.8 Å². The lowest BCUT2D eigenvalue weighted by Gasteiger charge is -2.29. The zero-order chi connectivity index (χ0) is 13.9. The van der Waals surface area contributed by atoms with E-state index in [9.17, 15) is 9.90 Å². The van der Waals surface area contributed by atoms with Crippen LogP contribution in [0.4, 0.5) is 0 Å². The molecule has 2 aliphatic rings. The van der Waals surface area contributed by atoms with Gasteiger partial charge in [0, 0.05) is 6.54 Å². The van der Waals surface area contributed by atoms with Gasteiger partial charge in [-0.05, 0) is 30.4 Å². The van der Waals surface area contributed by atoms with Crippen molar-refractivity contribution in [3.8, 4) is 0 Å². The maximum Gasteiger partial charge on any atom is 0.225 e. The minimum Gasteiger partial charge on any atom is -0.394 e. The first-order valence-electron chi connectivity index (χ1n) is 7.39. The van der Waals surface area contributed by atoms with Gasteiger partial charge in [0.05, 0.1) is 31.8 Å². The van der Waals surface area contributed by atoms with Gasteiger partial charge in [-0.3, -0.25) is 4.79 Å². The van der Waals surface area contributed by atoms with Crippen molar-refractivity contribution in [2.75, 3.05) is 19.8 Å². The maximum absolute atomic E-state index is 12.4. The van der Waals surface area contributed by atoms with Crippen molar-refractivity contribution >= 4 is 5.91 Å². The third kappa shape index (κ3) is 2.58. The summed E-state index contributed by atoms with van der Waals surface area (Å²) in [6.07, 6.45) is 3.06. The van der Waals surface area contributed by atoms with Crippen LogP contribution in [0.2, 0.25) is 0 Å². The summed E-state index contributed by atoms with van der Waals surface area (Å²) in [5.74, 6) is 0.100. The van der Waals surface area contributed by atoms with Crippen LogP contribution in [0.25, 0.3) is 0 Å². The second-order valence-corrected chi connectivity index (χ2v) is 5.58. The Bertz CT molecular complexity index is 488. The van der Waals surface area contributed by atoms with Crippen LogP contribution in [-0.4, -0.2) is 41.7 Å². The molecular formula is C16H21NO3. The summed E-state index contributed by atoms with van der Waals surface area (Å²) in [5.41, 5.74) is 2.43. The molecule has 0 spiro atoms. The van der Waals surface area contributed by atoms with E-state index >= 15 is 0 Å². The van der Waals surface area contributed by atoms with E-state index < -0.39 is 0 Å². The summed E-state index contributed by atoms with van der Waals surface area (Å²) < 4.78 is 5.79. The molecular weight excluding hydrogens is 254 g/mol. The molecule has 1 aromatic rings. The van der Waals surface area contributed by atoms with Gasteiger partial charge in [-0.15, -0.1) is 0 Å². The molecule has 1 unspecified atom stereocenters. The number of nitrogens with zero attached hydrogens (tertiary/aromatic N) is 1. The monoisotopic (exact) mass is 275 g/mol. The van der Waals surface area contributed by atoms with Crippen molar-refractivity contribution in [3.63, 3.8) is 0 Å². The van der Waals surface area contributed by atoms with Gasteiger partial charge in [0.15, 0.2) is 0 Å². The third-order valence-electron chi connectivity index (χ3n) is 4.36. The summed E-state index contributed by atoms with van der Waals surface area (Å²) in [6.45, 7) is 1.50. The summed E-state index contributed by atoms with van der Waals surface area (Å²) in [7, 11) is 0. The molecule has 0 saturated carbocycles. The number of hydrogen-bond donors (Lipinski definition) is 1. The number of fused-ring (bicyclic) bond motifs is 1. The quantitative estimate of drug-likeness (QED) is 0.913. The van der Waals surface area contributed by atoms with Gasteiger partial charge < -0.3 is 14.7 Å². The van der Waals surface area contributed by atoms with Gasteiger partial charge in [-0.25, -0.2) is 0 Å². The fourth-order valence-corrected chi connectivity index (χ4v) is 3.28. The number of aliphatic hydroxyl groups excluding tert-OH is 1. The van der Waals surface area contributed by atoms with Crippen molar-refractivity contribution in [3.05, 3.63) is 35.4 Å². The molecule has 2 atom stereocenters. The van der Waals surface area contributed by atoms with E-state index in [0.717, 1.165) is 31.4 Å². The Kier molecular flexibility index (Phi) is 4.03. The number of hydrogen-bond acceptors (Lipinski definition) is 3. The van der Waals surface area contributed by atoms with Gasteiger partial charge in [0.2, 0.25) is 5.91 Å². The minimum atomic E-state index is -0.132. The van der Waals surface area contributed by atoms with E-state index in [1.807, 2.05) is 17.0 Å². The molecule has 0 aliphatic carbocycles. The number of amides is 1. The van der Waals surface area contributed by atoms with E-state index in [2.05, 4.69) is 12.1 Å². The fraction of sp³-hybridized carbons (Fsp3) is 0.562. The van der Waals surface area contributed by atoms with Gasteiger partial charge >= 0.3 is 0 Å². The Hall–Kier alpha value is -1.39. The molecule has 20 heavy (non-hydrogen) atoms. The number of carbonyl (C=O) groups excluding carboxylic acids is 1. The Morgan fingerprint density at radius 2 is 2.25 bits per heavy atom. The van der Waals surface area contributed by atoms with Crippen molar-refractivity contribution in [2.24, 2.45) is 0 Å². The number of likely N-dealkylation sites (tertiary alicyclic amines) is 1. The molecule has 4 nitrogen and oxygen atoms in total. The standard InChI is InChI=1S/C16H21NO3/c18-11-13-5-3-8-17(13)16(19)10-15-14-6-2-1-4-12(14)7-9-20-15/h1-2,4,6,13,15,18H,3,5,7-11H2/t13-,15?/m1/s1. The highest BCUT2D eigenvalue weighted by atomic mass is 16.5. The average Bonchev–Trinajstić information content (AvgIpc) is 2.96. The average molecular weight is 275 g/mol. The van der Waals surface area contributed by atoms with Crippen molar-refractivity contribution in [1.29, 1.82) is 0 Å². The van der Waals surface area contributed by atoms with Crippen molar-refractivity contribution in [1.82, 2.24) is 4.90 Å². The molecule has 0 radical (unpaired) electrons. The van der Waals surface area contributed by atoms with E-state index in [1.54, 1.807) is 0 Å². The predicted octanol–water partition coefficient (Wildman–Crippen LogP) is 1.67. The lowest BCUT2D eigenvalue weighted by atomic mass is 9.95. The molecule has 0 bridgehead atoms. The van der Waals surface area contributed by atoms with Crippen LogP contribution in [0.15, 0.2) is 24.3 Å². The van der Waals surface area contributed by atoms with Crippen molar-refractivity contribution < 1.29 is 14.6 Å². The van der Waals surface area contributed by atoms with Gasteiger partial charge in [-0.2, -0.15) is 0 Å². The Balaban J connectivity index is 1.71. The van der Waals surface area contributed by atoms with Gasteiger partial charge in [-0.1, -0.05) is 24.3 Å². The molecule has 2 heterocycles. The summed E-state index contributed by atoms with van der Waals surface area (Å²) in [5, 5.41) is 9.32. The zero-order valence-electron chi connectivity index (χ0n) is 11.6. The SMILES string of the molecule is O=C(CC1OCCc2ccccc21)N1CCC[C@@H]1CO. The number of aliphatic hydroxyl groups is 1. The molecule has 1 fully saturated rings. The van der Waals surface area contributed by atoms with Crippen LogP contribution in [0, 0.1) is 0 Å². The third-order valence-corrected chi connectivity index (χ3v) is 4.36. The highest BCUT2D eigenvalue weighted by molar-refractivity contribution is 5.77. The number of benzene rings is 1. The van der Waals surface area contributed by atoms with E-state index in [0.29, 0.717) is 13.0 Å². The highest BCUT2D eigenvalue weighted by Crippen LogP contribution is 2.31. The smallest absolute Gasteiger partial charge is 0.225 e. The fourth-order valence-electron chi connectivity index (χ4n) is 3.28. The Morgan fingerprint density at radius 3 is 3.10 bits per heavy atom. The number of carbonyl (C=O) groups is 1. The largest absolute Gasteiger partial charge is 0.394 e. The van der Waals surface area contributed by atoms with Crippen LogP contribution in [0.1, 0.15) is 36.5 Å². The molecule has 1 amide bonds. The minimum absolute atomic E-state index is 0.00124. The molecule has 1 aromatic carbocycles. The number of ether oxygens (including phenoxy) is 1. The first-order valence-corrected chi connectivity index (χ1v) is 7.39. The van der Waals surface area contributed by atoms with Gasteiger partial charge in [0.1, 0.15) is 0 Å². The first-order chi connectivity index (χ1) is 9.79. The predicted molar refractivity (Wildman–Crippen MR) is 75.3 cm³/mol. The summed E-state index contributed by atoms with van der Waals surface area (Å²) in [4.78, 5) is 14.2. The second kappa shape index (κ2) is 5.94. The lowest BCUT2D eigenvalue weighted by molar-refractivity contribution is -0.136. The van der Waals surface area contributed by atoms with Crippen LogP contribution in [0.3, 0.4) is 0 Å². The molecule has 3 rings (SSSR count). The van der Waals surface area contributed by atoms with Crippen LogP contribution < -0.4 is 0 Å². The Labute approximate surface area is 119 Å². The van der Waals surface area contributed by atoms with Gasteiger partial charge in [0.25, 0.3) is 0 Å². The zero-order valence-corrected chi connectivity index (χ0v) is 11.6. The summed E-state index contributed by atoms with van der Waals surface area (Å²) >= 11 is 0. The van der Waals surface area contributed by atoms with E-state index in [4.69, 9.17) is 4.74 Å². The maximum atomic E-state index is 12.4. The summed E-state index contributed by atoms with van der Waals surface area (Å²) in [6, 6.07) is 8.20. The normalized spacial score (nSPS) is 25.6. The highest BCUT2D eigenvalue weighted by Gasteiger charge is 2.31. The van der Waals surface area contributed by atoms with Crippen LogP contribution in [-0.2, 0) is 16.0 Å². The molecule has 0 aromatic heterocycles. The van der Waals surface area contributed by atoms with Crippen LogP contribution in [0.5, 0.6) is 0 Å². The second-order valence-electron chi connectivity index (χ2n) is 5.58. The van der Waals surface area contributed by atoms with E-state index in [-0.39, 0.29) is 24.7 Å². The molecule has 2 aliphatic heterocycles. The van der Waals surface area contributed by atoms with E-state index in [1.165, 1.54) is 5.56 Å². The van der Waals surface area contributed by atoms with Crippen LogP contribution >= 0.6 is 0 Å². The lowest BCUT2D eigenvalue weighted by Crippen LogP contribution is -2.38. The molecule has 4 heteroatoms. The molecule has 1 saturated heterocycles. The Morgan fingerprint density at radius 1 is 1.40 bits per heavy atom.